The van der Waals surface area contributed by atoms with Gasteiger partial charge in [-0.25, -0.2) is 17.2 Å². The third-order valence-corrected chi connectivity index (χ3v) is 5.30. The number of aryl methyl sites for hydroxylation is 1. The van der Waals surface area contributed by atoms with Gasteiger partial charge in [-0.2, -0.15) is 0 Å². The first-order valence-corrected chi connectivity index (χ1v) is 8.90. The summed E-state index contributed by atoms with van der Waals surface area (Å²) in [6.45, 7) is 1.56. The highest BCUT2D eigenvalue weighted by Gasteiger charge is 2.17. The average molecular weight is 375 g/mol. The first kappa shape index (κ1) is 16.1. The van der Waals surface area contributed by atoms with Crippen molar-refractivity contribution < 1.29 is 17.2 Å². The lowest BCUT2D eigenvalue weighted by Crippen LogP contribution is -2.01. The fourth-order valence-electron chi connectivity index (χ4n) is 1.94. The molecule has 0 aliphatic rings. The van der Waals surface area contributed by atoms with Crippen LogP contribution in [0.4, 0.5) is 8.78 Å². The Morgan fingerprint density at radius 2 is 1.62 bits per heavy atom. The van der Waals surface area contributed by atoms with Crippen LogP contribution in [0.2, 0.25) is 0 Å². The molecule has 0 bridgehead atoms. The molecule has 112 valence electrons. The van der Waals surface area contributed by atoms with E-state index in [2.05, 4.69) is 15.9 Å². The summed E-state index contributed by atoms with van der Waals surface area (Å²) >= 11 is 3.37. The maximum atomic E-state index is 13.9. The van der Waals surface area contributed by atoms with Crippen LogP contribution in [0.5, 0.6) is 0 Å². The molecule has 0 aliphatic heterocycles. The van der Waals surface area contributed by atoms with Crippen LogP contribution in [-0.4, -0.2) is 14.7 Å². The predicted molar refractivity (Wildman–Crippen MR) is 81.4 cm³/mol. The van der Waals surface area contributed by atoms with Gasteiger partial charge in [-0.05, 0) is 36.2 Å². The SMILES string of the molecule is Cc1cc(C(Br)c2ccc(S(C)(=O)=O)cc2)c(F)cc1F. The van der Waals surface area contributed by atoms with E-state index in [1.54, 1.807) is 19.1 Å². The van der Waals surface area contributed by atoms with Crippen LogP contribution >= 0.6 is 15.9 Å². The van der Waals surface area contributed by atoms with Crippen LogP contribution in [0.3, 0.4) is 0 Å². The lowest BCUT2D eigenvalue weighted by atomic mass is 10.0. The van der Waals surface area contributed by atoms with Gasteiger partial charge in [0.05, 0.1) is 9.72 Å². The summed E-state index contributed by atoms with van der Waals surface area (Å²) in [5.41, 5.74) is 1.34. The van der Waals surface area contributed by atoms with Gasteiger partial charge < -0.3 is 0 Å². The highest BCUT2D eigenvalue weighted by atomic mass is 79.9. The van der Waals surface area contributed by atoms with Crippen molar-refractivity contribution in [1.82, 2.24) is 0 Å². The molecule has 0 N–H and O–H groups in total. The molecule has 0 saturated heterocycles. The van der Waals surface area contributed by atoms with Crippen molar-refractivity contribution in [3.8, 4) is 0 Å². The molecule has 21 heavy (non-hydrogen) atoms. The zero-order valence-corrected chi connectivity index (χ0v) is 13.8. The Hall–Kier alpha value is -1.27. The standard InChI is InChI=1S/C15H13BrF2O2S/c1-9-7-12(14(18)8-13(9)17)15(16)10-3-5-11(6-4-10)21(2,19)20/h3-8,15H,1-2H3. The Morgan fingerprint density at radius 3 is 2.14 bits per heavy atom. The van der Waals surface area contributed by atoms with Gasteiger partial charge in [0.25, 0.3) is 0 Å². The Balaban J connectivity index is 2.41. The van der Waals surface area contributed by atoms with Crippen molar-refractivity contribution >= 4 is 25.8 Å². The van der Waals surface area contributed by atoms with Crippen LogP contribution in [0.1, 0.15) is 21.5 Å². The zero-order chi connectivity index (χ0) is 15.8. The molecule has 0 spiro atoms. The molecule has 0 aliphatic carbocycles. The van der Waals surface area contributed by atoms with E-state index in [0.29, 0.717) is 16.7 Å². The molecule has 0 heterocycles. The number of hydrogen-bond donors (Lipinski definition) is 0. The van der Waals surface area contributed by atoms with Gasteiger partial charge in [0, 0.05) is 17.9 Å². The summed E-state index contributed by atoms with van der Waals surface area (Å²) in [5, 5.41) is 0. The Morgan fingerprint density at radius 1 is 1.05 bits per heavy atom. The Bertz CT molecular complexity index is 771. The van der Waals surface area contributed by atoms with Crippen molar-refractivity contribution in [1.29, 1.82) is 0 Å². The molecule has 1 atom stereocenters. The molecular weight excluding hydrogens is 362 g/mol. The number of rotatable bonds is 3. The van der Waals surface area contributed by atoms with E-state index in [-0.39, 0.29) is 4.90 Å². The van der Waals surface area contributed by atoms with E-state index in [9.17, 15) is 17.2 Å². The smallest absolute Gasteiger partial charge is 0.175 e. The summed E-state index contributed by atoms with van der Waals surface area (Å²) in [4.78, 5) is -0.285. The second-order valence-electron chi connectivity index (χ2n) is 4.83. The molecule has 6 heteroatoms. The van der Waals surface area contributed by atoms with Crippen LogP contribution in [0.15, 0.2) is 41.3 Å². The minimum Gasteiger partial charge on any atom is -0.224 e. The Kier molecular flexibility index (Phi) is 4.49. The summed E-state index contributed by atoms with van der Waals surface area (Å²) in [7, 11) is -3.27. The minimum atomic E-state index is -3.27. The molecule has 0 aromatic heterocycles. The number of halogens is 3. The van der Waals surface area contributed by atoms with E-state index in [1.165, 1.54) is 18.2 Å². The summed E-state index contributed by atoms with van der Waals surface area (Å²) in [6, 6.07) is 8.43. The van der Waals surface area contributed by atoms with Crippen molar-refractivity contribution in [2.45, 2.75) is 16.6 Å². The van der Waals surface area contributed by atoms with Gasteiger partial charge in [0.2, 0.25) is 0 Å². The third-order valence-electron chi connectivity index (χ3n) is 3.15. The van der Waals surface area contributed by atoms with Crippen molar-refractivity contribution in [3.05, 3.63) is 64.7 Å². The lowest BCUT2D eigenvalue weighted by Gasteiger charge is -2.13. The summed E-state index contributed by atoms with van der Waals surface area (Å²) in [6.07, 6.45) is 1.12. The molecular formula is C15H13BrF2O2S. The van der Waals surface area contributed by atoms with Gasteiger partial charge in [-0.15, -0.1) is 0 Å². The van der Waals surface area contributed by atoms with Crippen molar-refractivity contribution in [3.63, 3.8) is 0 Å². The minimum absolute atomic E-state index is 0.196. The van der Waals surface area contributed by atoms with Crippen molar-refractivity contribution in [2.24, 2.45) is 0 Å². The number of benzene rings is 2. The second-order valence-corrected chi connectivity index (χ2v) is 7.76. The van der Waals surface area contributed by atoms with Crippen LogP contribution < -0.4 is 0 Å². The fraction of sp³-hybridized carbons (Fsp3) is 0.200. The monoisotopic (exact) mass is 374 g/mol. The number of sulfone groups is 1. The highest BCUT2D eigenvalue weighted by molar-refractivity contribution is 9.09. The summed E-state index contributed by atoms with van der Waals surface area (Å²) in [5.74, 6) is -1.24. The molecule has 2 nitrogen and oxygen atoms in total. The molecule has 0 radical (unpaired) electrons. The number of alkyl halides is 1. The van der Waals surface area contributed by atoms with Crippen LogP contribution in [0, 0.1) is 18.6 Å². The molecule has 2 aromatic carbocycles. The van der Waals surface area contributed by atoms with Crippen molar-refractivity contribution in [2.75, 3.05) is 6.26 Å². The largest absolute Gasteiger partial charge is 0.224 e. The molecule has 0 saturated carbocycles. The lowest BCUT2D eigenvalue weighted by molar-refractivity contribution is 0.569. The van der Waals surface area contributed by atoms with Gasteiger partial charge in [-0.1, -0.05) is 28.1 Å². The highest BCUT2D eigenvalue weighted by Crippen LogP contribution is 2.34. The first-order chi connectivity index (χ1) is 9.70. The maximum absolute atomic E-state index is 13.9. The molecule has 0 amide bonds. The predicted octanol–water partition coefficient (Wildman–Crippen LogP) is 4.16. The quantitative estimate of drug-likeness (QED) is 0.755. The molecule has 0 fully saturated rings. The van der Waals surface area contributed by atoms with Crippen LogP contribution in [0.25, 0.3) is 0 Å². The average Bonchev–Trinajstić information content (AvgIpc) is 2.41. The first-order valence-electron chi connectivity index (χ1n) is 6.10. The molecule has 1 unspecified atom stereocenters. The van der Waals surface area contributed by atoms with E-state index < -0.39 is 26.3 Å². The van der Waals surface area contributed by atoms with Gasteiger partial charge in [0.1, 0.15) is 11.6 Å². The van der Waals surface area contributed by atoms with Gasteiger partial charge in [0.15, 0.2) is 9.84 Å². The third kappa shape index (κ3) is 3.49. The van der Waals surface area contributed by atoms with Crippen LogP contribution in [-0.2, 0) is 9.84 Å². The maximum Gasteiger partial charge on any atom is 0.175 e. The molecule has 2 aromatic rings. The van der Waals surface area contributed by atoms with E-state index in [1.807, 2.05) is 0 Å². The fourth-order valence-corrected chi connectivity index (χ4v) is 3.22. The molecule has 2 rings (SSSR count). The normalized spacial score (nSPS) is 13.2. The second kappa shape index (κ2) is 5.85. The Labute approximate surface area is 130 Å². The zero-order valence-electron chi connectivity index (χ0n) is 11.4. The van der Waals surface area contributed by atoms with E-state index in [4.69, 9.17) is 0 Å². The van der Waals surface area contributed by atoms with Gasteiger partial charge >= 0.3 is 0 Å². The topological polar surface area (TPSA) is 34.1 Å². The summed E-state index contributed by atoms with van der Waals surface area (Å²) < 4.78 is 50.0. The van der Waals surface area contributed by atoms with E-state index in [0.717, 1.165) is 12.3 Å². The number of hydrogen-bond acceptors (Lipinski definition) is 2. The van der Waals surface area contributed by atoms with E-state index >= 15 is 0 Å². The van der Waals surface area contributed by atoms with Gasteiger partial charge in [-0.3, -0.25) is 0 Å².